The Labute approximate surface area is 177 Å². The van der Waals surface area contributed by atoms with E-state index < -0.39 is 17.1 Å². The van der Waals surface area contributed by atoms with Crippen molar-refractivity contribution in [1.82, 2.24) is 15.0 Å². The van der Waals surface area contributed by atoms with Crippen LogP contribution in [0, 0.1) is 11.8 Å². The Morgan fingerprint density at radius 1 is 1.19 bits per heavy atom. The van der Waals surface area contributed by atoms with E-state index in [9.17, 15) is 19.5 Å². The van der Waals surface area contributed by atoms with Crippen LogP contribution in [-0.4, -0.2) is 37.5 Å². The van der Waals surface area contributed by atoms with Crippen LogP contribution < -0.4 is 15.6 Å². The van der Waals surface area contributed by atoms with E-state index in [1.165, 1.54) is 25.3 Å². The molecule has 158 valence electrons. The van der Waals surface area contributed by atoms with Crippen LogP contribution in [0.25, 0.3) is 11.0 Å². The van der Waals surface area contributed by atoms with Gasteiger partial charge in [0.15, 0.2) is 5.65 Å². The summed E-state index contributed by atoms with van der Waals surface area (Å²) in [5.41, 5.74) is -0.115. The number of anilines is 1. The minimum absolute atomic E-state index is 0.000000295. The van der Waals surface area contributed by atoms with Crippen LogP contribution in [0.2, 0.25) is 0 Å². The number of aromatic amines is 1. The molecule has 31 heavy (non-hydrogen) atoms. The van der Waals surface area contributed by atoms with E-state index in [1.807, 2.05) is 20.8 Å². The molecule has 0 saturated heterocycles. The fourth-order valence-electron chi connectivity index (χ4n) is 2.68. The maximum atomic E-state index is 12.3. The monoisotopic (exact) mass is 420 g/mol. The van der Waals surface area contributed by atoms with Gasteiger partial charge in [-0.1, -0.05) is 11.8 Å². The van der Waals surface area contributed by atoms with Crippen molar-refractivity contribution in [2.24, 2.45) is 0 Å². The molecule has 0 atom stereocenters. The molecule has 9 nitrogen and oxygen atoms in total. The Bertz CT molecular complexity index is 1310. The molecule has 1 aromatic carbocycles. The third-order valence-corrected chi connectivity index (χ3v) is 3.84. The van der Waals surface area contributed by atoms with Gasteiger partial charge in [0, 0.05) is 24.2 Å². The lowest BCUT2D eigenvalue weighted by Gasteiger charge is -2.21. The Kier molecular flexibility index (Phi) is 5.75. The number of carboxylic acid groups (broad SMARTS) is 1. The predicted octanol–water partition coefficient (Wildman–Crippen LogP) is 2.55. The summed E-state index contributed by atoms with van der Waals surface area (Å²) in [6.07, 6.45) is 1.41. The molecule has 0 radical (unpaired) electrons. The summed E-state index contributed by atoms with van der Waals surface area (Å²) in [6.45, 7) is 6.89. The minimum Gasteiger partial charge on any atom is -0.488 e. The van der Waals surface area contributed by atoms with Crippen molar-refractivity contribution in [3.05, 3.63) is 57.5 Å². The van der Waals surface area contributed by atoms with Crippen molar-refractivity contribution in [3.8, 4) is 17.6 Å². The molecule has 0 fully saturated rings. The van der Waals surface area contributed by atoms with Gasteiger partial charge < -0.3 is 9.84 Å². The number of H-pyrrole nitrogens is 1. The van der Waals surface area contributed by atoms with Gasteiger partial charge in [-0.25, -0.2) is 9.78 Å². The van der Waals surface area contributed by atoms with Crippen molar-refractivity contribution in [2.75, 3.05) is 5.32 Å². The number of hydrogen-bond donors (Lipinski definition) is 3. The molecule has 9 heteroatoms. The molecule has 3 aromatic rings. The Morgan fingerprint density at radius 3 is 2.58 bits per heavy atom. The normalized spacial score (nSPS) is 10.8. The van der Waals surface area contributed by atoms with Crippen molar-refractivity contribution in [2.45, 2.75) is 33.3 Å². The van der Waals surface area contributed by atoms with E-state index in [0.29, 0.717) is 16.9 Å². The number of carbonyl (C=O) groups is 2. The van der Waals surface area contributed by atoms with Crippen LogP contribution in [0.5, 0.6) is 5.75 Å². The van der Waals surface area contributed by atoms with E-state index in [1.54, 1.807) is 12.1 Å². The first-order valence-corrected chi connectivity index (χ1v) is 9.28. The minimum atomic E-state index is -1.13. The summed E-state index contributed by atoms with van der Waals surface area (Å²) in [5, 5.41) is 12.1. The van der Waals surface area contributed by atoms with Gasteiger partial charge in [-0.3, -0.25) is 19.9 Å². The Balaban J connectivity index is 1.97. The van der Waals surface area contributed by atoms with Gasteiger partial charge in [-0.05, 0) is 45.0 Å². The van der Waals surface area contributed by atoms with Gasteiger partial charge in [-0.2, -0.15) is 4.98 Å². The number of amides is 1. The summed E-state index contributed by atoms with van der Waals surface area (Å²) >= 11 is 0. The first-order chi connectivity index (χ1) is 14.5. The van der Waals surface area contributed by atoms with Crippen molar-refractivity contribution in [3.63, 3.8) is 0 Å². The number of pyridine rings is 1. The molecule has 1 amide bonds. The summed E-state index contributed by atoms with van der Waals surface area (Å²) < 4.78 is 5.71. The smallest absolute Gasteiger partial charge is 0.337 e. The SMILES string of the molecule is CC(=O)Nc1nc2ncc(C#Cc3ccc(OC(C)(C)C)cc3C(=O)O)cc2c(=O)[nH]1. The number of carboxylic acids is 1. The molecule has 0 aliphatic rings. The highest BCUT2D eigenvalue weighted by Crippen LogP contribution is 2.22. The zero-order chi connectivity index (χ0) is 22.8. The number of ether oxygens (including phenoxy) is 1. The molecule has 0 bridgehead atoms. The number of aromatic carboxylic acids is 1. The van der Waals surface area contributed by atoms with Crippen LogP contribution >= 0.6 is 0 Å². The topological polar surface area (TPSA) is 134 Å². The molecule has 3 rings (SSSR count). The largest absolute Gasteiger partial charge is 0.488 e. The van der Waals surface area contributed by atoms with Crippen molar-refractivity contribution in [1.29, 1.82) is 0 Å². The lowest BCUT2D eigenvalue weighted by Crippen LogP contribution is -2.23. The fourth-order valence-corrected chi connectivity index (χ4v) is 2.68. The van der Waals surface area contributed by atoms with E-state index in [0.717, 1.165) is 0 Å². The van der Waals surface area contributed by atoms with Crippen LogP contribution in [0.1, 0.15) is 49.2 Å². The second-order valence-corrected chi connectivity index (χ2v) is 7.67. The average molecular weight is 420 g/mol. The van der Waals surface area contributed by atoms with Gasteiger partial charge in [0.05, 0.1) is 10.9 Å². The summed E-state index contributed by atoms with van der Waals surface area (Å²) in [7, 11) is 0. The maximum Gasteiger partial charge on any atom is 0.337 e. The average Bonchev–Trinajstić information content (AvgIpc) is 2.65. The van der Waals surface area contributed by atoms with E-state index in [-0.39, 0.29) is 28.5 Å². The standard InChI is InChI=1S/C22H20N4O5/c1-12(27)24-21-25-18-17(19(28)26-21)9-13(11-23-18)5-6-14-7-8-15(31-22(2,3)4)10-16(14)20(29)30/h7-11H,1-4H3,(H,29,30)(H2,23,24,25,26,27,28). The highest BCUT2D eigenvalue weighted by atomic mass is 16.5. The number of benzene rings is 1. The van der Waals surface area contributed by atoms with Crippen molar-refractivity contribution < 1.29 is 19.4 Å². The number of fused-ring (bicyclic) bond motifs is 1. The summed E-state index contributed by atoms with van der Waals surface area (Å²) in [6, 6.07) is 6.14. The lowest BCUT2D eigenvalue weighted by molar-refractivity contribution is -0.114. The number of hydrogen-bond acceptors (Lipinski definition) is 6. The molecule has 0 saturated carbocycles. The summed E-state index contributed by atoms with van der Waals surface area (Å²) in [4.78, 5) is 45.7. The number of nitrogens with one attached hydrogen (secondary N) is 2. The van der Waals surface area contributed by atoms with Crippen LogP contribution in [0.3, 0.4) is 0 Å². The molecular formula is C22H20N4O5. The molecule has 0 spiro atoms. The summed E-state index contributed by atoms with van der Waals surface area (Å²) in [5.74, 6) is 4.55. The zero-order valence-electron chi connectivity index (χ0n) is 17.4. The van der Waals surface area contributed by atoms with Gasteiger partial charge in [0.25, 0.3) is 5.56 Å². The lowest BCUT2D eigenvalue weighted by atomic mass is 10.1. The number of rotatable bonds is 3. The highest BCUT2D eigenvalue weighted by Gasteiger charge is 2.15. The van der Waals surface area contributed by atoms with Gasteiger partial charge >= 0.3 is 5.97 Å². The number of nitrogens with zero attached hydrogens (tertiary/aromatic N) is 2. The molecule has 0 aliphatic carbocycles. The Morgan fingerprint density at radius 2 is 1.94 bits per heavy atom. The molecule has 2 aromatic heterocycles. The van der Waals surface area contributed by atoms with Gasteiger partial charge in [0.1, 0.15) is 11.4 Å². The molecule has 0 aliphatic heterocycles. The first kappa shape index (κ1) is 21.5. The van der Waals surface area contributed by atoms with Crippen LogP contribution in [-0.2, 0) is 4.79 Å². The second kappa shape index (κ2) is 8.28. The number of aromatic nitrogens is 3. The Hall–Kier alpha value is -4.19. The second-order valence-electron chi connectivity index (χ2n) is 7.67. The third-order valence-electron chi connectivity index (χ3n) is 3.84. The maximum absolute atomic E-state index is 12.3. The van der Waals surface area contributed by atoms with E-state index >= 15 is 0 Å². The van der Waals surface area contributed by atoms with Gasteiger partial charge in [0.2, 0.25) is 11.9 Å². The quantitative estimate of drug-likeness (QED) is 0.554. The molecule has 0 unspecified atom stereocenters. The van der Waals surface area contributed by atoms with Crippen LogP contribution in [0.4, 0.5) is 5.95 Å². The molecular weight excluding hydrogens is 400 g/mol. The van der Waals surface area contributed by atoms with Crippen LogP contribution in [0.15, 0.2) is 35.3 Å². The van der Waals surface area contributed by atoms with Crippen molar-refractivity contribution >= 4 is 28.9 Å². The third kappa shape index (κ3) is 5.45. The predicted molar refractivity (Wildman–Crippen MR) is 114 cm³/mol. The van der Waals surface area contributed by atoms with E-state index in [2.05, 4.69) is 32.1 Å². The highest BCUT2D eigenvalue weighted by molar-refractivity contribution is 5.91. The fraction of sp³-hybridized carbons (Fsp3) is 0.227. The van der Waals surface area contributed by atoms with E-state index in [4.69, 9.17) is 4.74 Å². The zero-order valence-corrected chi connectivity index (χ0v) is 17.4. The van der Waals surface area contributed by atoms with Gasteiger partial charge in [-0.15, -0.1) is 0 Å². The molecule has 3 N–H and O–H groups in total. The first-order valence-electron chi connectivity index (χ1n) is 9.28. The number of carbonyl (C=O) groups excluding carboxylic acids is 1. The molecule has 2 heterocycles.